The molecule has 0 spiro atoms. The second-order valence-electron chi connectivity index (χ2n) is 4.88. The Balaban J connectivity index is 1.93. The van der Waals surface area contributed by atoms with Crippen molar-refractivity contribution in [3.8, 4) is 0 Å². The van der Waals surface area contributed by atoms with Crippen molar-refractivity contribution in [1.29, 1.82) is 0 Å². The third kappa shape index (κ3) is 3.95. The van der Waals surface area contributed by atoms with Crippen molar-refractivity contribution in [2.45, 2.75) is 51.0 Å². The van der Waals surface area contributed by atoms with Crippen molar-refractivity contribution in [1.82, 2.24) is 0 Å². The van der Waals surface area contributed by atoms with Crippen molar-refractivity contribution >= 4 is 38.9 Å². The maximum atomic E-state index is 10.2. The minimum absolute atomic E-state index is 0.341. The number of halogens is 2. The monoisotopic (exact) mass is 336 g/mol. The third-order valence-electron chi connectivity index (χ3n) is 3.52. The summed E-state index contributed by atoms with van der Waals surface area (Å²) in [6.07, 6.45) is 8.48. The van der Waals surface area contributed by atoms with Crippen LogP contribution in [0.5, 0.6) is 0 Å². The van der Waals surface area contributed by atoms with Crippen LogP contribution in [-0.4, -0.2) is 5.11 Å². The third-order valence-corrected chi connectivity index (χ3v) is 6.10. The zero-order valence-corrected chi connectivity index (χ0v) is 13.0. The molecular formula is C13H18BrClOS. The lowest BCUT2D eigenvalue weighted by Crippen LogP contribution is -2.05. The van der Waals surface area contributed by atoms with Crippen LogP contribution in [0.3, 0.4) is 0 Å². The summed E-state index contributed by atoms with van der Waals surface area (Å²) in [5.74, 6) is 0.687. The molecule has 0 amide bonds. The number of rotatable bonds is 3. The molecule has 17 heavy (non-hydrogen) atoms. The van der Waals surface area contributed by atoms with Gasteiger partial charge in [0.1, 0.15) is 0 Å². The molecule has 1 unspecified atom stereocenters. The van der Waals surface area contributed by atoms with Crippen LogP contribution in [0.25, 0.3) is 0 Å². The van der Waals surface area contributed by atoms with E-state index in [0.717, 1.165) is 15.1 Å². The minimum atomic E-state index is -0.341. The van der Waals surface area contributed by atoms with Gasteiger partial charge < -0.3 is 5.11 Å². The lowest BCUT2D eigenvalue weighted by atomic mass is 9.93. The Hall–Kier alpha value is 0.430. The maximum absolute atomic E-state index is 10.2. The fourth-order valence-electron chi connectivity index (χ4n) is 2.56. The summed E-state index contributed by atoms with van der Waals surface area (Å²) in [5.41, 5.74) is 0. The van der Waals surface area contributed by atoms with Crippen molar-refractivity contribution < 1.29 is 5.11 Å². The molecule has 1 atom stereocenters. The maximum Gasteiger partial charge on any atom is 0.0888 e. The van der Waals surface area contributed by atoms with Crippen LogP contribution >= 0.6 is 38.9 Å². The summed E-state index contributed by atoms with van der Waals surface area (Å²) in [5, 5.41) is 10.9. The van der Waals surface area contributed by atoms with Crippen molar-refractivity contribution in [2.24, 2.45) is 5.92 Å². The molecule has 4 heteroatoms. The highest BCUT2D eigenvalue weighted by molar-refractivity contribution is 9.11. The largest absolute Gasteiger partial charge is 0.388 e. The molecule has 1 aromatic rings. The Morgan fingerprint density at radius 2 is 2.00 bits per heavy atom. The van der Waals surface area contributed by atoms with Gasteiger partial charge in [0.25, 0.3) is 0 Å². The molecule has 0 aromatic carbocycles. The Labute approximate surface area is 120 Å². The van der Waals surface area contributed by atoms with Crippen molar-refractivity contribution in [3.05, 3.63) is 19.8 Å². The van der Waals surface area contributed by atoms with Gasteiger partial charge in [0.15, 0.2) is 0 Å². The summed E-state index contributed by atoms with van der Waals surface area (Å²) in [7, 11) is 0. The van der Waals surface area contributed by atoms with Crippen LogP contribution in [0, 0.1) is 5.92 Å². The van der Waals surface area contributed by atoms with Crippen LogP contribution < -0.4 is 0 Å². The van der Waals surface area contributed by atoms with Crippen molar-refractivity contribution in [2.75, 3.05) is 0 Å². The highest BCUT2D eigenvalue weighted by Gasteiger charge is 2.19. The summed E-state index contributed by atoms with van der Waals surface area (Å²) >= 11 is 10.9. The topological polar surface area (TPSA) is 20.2 Å². The van der Waals surface area contributed by atoms with E-state index in [2.05, 4.69) is 15.9 Å². The molecule has 1 heterocycles. The minimum Gasteiger partial charge on any atom is -0.388 e. The van der Waals surface area contributed by atoms with E-state index >= 15 is 0 Å². The average molecular weight is 338 g/mol. The SMILES string of the molecule is OC(CC1CCCCCC1)c1cc(Cl)c(Br)s1. The molecule has 2 rings (SSSR count). The van der Waals surface area contributed by atoms with Crippen LogP contribution in [0.2, 0.25) is 5.02 Å². The molecule has 1 aromatic heterocycles. The molecule has 0 aliphatic heterocycles. The highest BCUT2D eigenvalue weighted by Crippen LogP contribution is 2.38. The van der Waals surface area contributed by atoms with Gasteiger partial charge in [0.2, 0.25) is 0 Å². The normalized spacial score (nSPS) is 20.2. The van der Waals surface area contributed by atoms with Gasteiger partial charge in [-0.1, -0.05) is 50.1 Å². The van der Waals surface area contributed by atoms with E-state index in [1.165, 1.54) is 38.5 Å². The zero-order chi connectivity index (χ0) is 12.3. The van der Waals surface area contributed by atoms with Gasteiger partial charge in [-0.05, 0) is 34.3 Å². The van der Waals surface area contributed by atoms with E-state index in [1.54, 1.807) is 11.3 Å². The van der Waals surface area contributed by atoms with Crippen molar-refractivity contribution in [3.63, 3.8) is 0 Å². The smallest absolute Gasteiger partial charge is 0.0888 e. The van der Waals surface area contributed by atoms with Crippen LogP contribution in [0.1, 0.15) is 55.9 Å². The summed E-state index contributed by atoms with van der Waals surface area (Å²) in [4.78, 5) is 0.992. The first-order valence-electron chi connectivity index (χ1n) is 6.29. The quantitative estimate of drug-likeness (QED) is 0.716. The van der Waals surface area contributed by atoms with Gasteiger partial charge in [-0.15, -0.1) is 11.3 Å². The predicted molar refractivity (Wildman–Crippen MR) is 77.8 cm³/mol. The molecule has 1 saturated carbocycles. The number of hydrogen-bond acceptors (Lipinski definition) is 2. The van der Waals surface area contributed by atoms with Gasteiger partial charge in [-0.3, -0.25) is 0 Å². The Kier molecular flexibility index (Phi) is 5.34. The molecule has 0 bridgehead atoms. The van der Waals surface area contributed by atoms with E-state index in [4.69, 9.17) is 11.6 Å². The summed E-state index contributed by atoms with van der Waals surface area (Å²) in [6, 6.07) is 1.89. The first kappa shape index (κ1) is 13.9. The molecule has 1 fully saturated rings. The lowest BCUT2D eigenvalue weighted by molar-refractivity contribution is 0.142. The van der Waals surface area contributed by atoms with Gasteiger partial charge in [0.05, 0.1) is 14.9 Å². The Morgan fingerprint density at radius 3 is 2.53 bits per heavy atom. The van der Waals surface area contributed by atoms with Gasteiger partial charge in [-0.25, -0.2) is 0 Å². The Bertz CT molecular complexity index is 339. The molecule has 96 valence electrons. The number of aliphatic hydroxyl groups excluding tert-OH is 1. The molecule has 1 nitrogen and oxygen atoms in total. The second kappa shape index (κ2) is 6.55. The molecular weight excluding hydrogens is 320 g/mol. The van der Waals surface area contributed by atoms with Crippen LogP contribution in [-0.2, 0) is 0 Å². The summed E-state index contributed by atoms with van der Waals surface area (Å²) in [6.45, 7) is 0. The van der Waals surface area contributed by atoms with E-state index in [-0.39, 0.29) is 6.10 Å². The number of aliphatic hydroxyl groups is 1. The summed E-state index contributed by atoms with van der Waals surface area (Å²) < 4.78 is 0.925. The fraction of sp³-hybridized carbons (Fsp3) is 0.692. The van der Waals surface area contributed by atoms with Gasteiger partial charge in [-0.2, -0.15) is 0 Å². The highest BCUT2D eigenvalue weighted by atomic mass is 79.9. The van der Waals surface area contributed by atoms with E-state index < -0.39 is 0 Å². The van der Waals surface area contributed by atoms with Gasteiger partial charge in [0, 0.05) is 4.88 Å². The van der Waals surface area contributed by atoms with E-state index in [0.29, 0.717) is 10.9 Å². The first-order valence-corrected chi connectivity index (χ1v) is 8.28. The molecule has 0 saturated heterocycles. The number of hydrogen-bond donors (Lipinski definition) is 1. The predicted octanol–water partition coefficient (Wildman–Crippen LogP) is 5.56. The first-order chi connectivity index (χ1) is 8.16. The van der Waals surface area contributed by atoms with Crippen LogP contribution in [0.15, 0.2) is 9.85 Å². The second-order valence-corrected chi connectivity index (χ2v) is 7.69. The standard InChI is InChI=1S/C13H18BrClOS/c14-13-10(15)8-12(17-13)11(16)7-9-5-3-1-2-4-6-9/h8-9,11,16H,1-7H2. The fourth-order valence-corrected chi connectivity index (χ4v) is 4.30. The molecule has 1 N–H and O–H groups in total. The van der Waals surface area contributed by atoms with Crippen LogP contribution in [0.4, 0.5) is 0 Å². The zero-order valence-electron chi connectivity index (χ0n) is 9.79. The molecule has 1 aliphatic rings. The van der Waals surface area contributed by atoms with E-state index in [9.17, 15) is 5.11 Å². The Morgan fingerprint density at radius 1 is 1.35 bits per heavy atom. The van der Waals surface area contributed by atoms with Gasteiger partial charge >= 0.3 is 0 Å². The average Bonchev–Trinajstić information content (AvgIpc) is 2.54. The molecule has 0 radical (unpaired) electrons. The number of thiophene rings is 1. The molecule has 1 aliphatic carbocycles. The van der Waals surface area contributed by atoms with E-state index in [1.807, 2.05) is 6.07 Å². The lowest BCUT2D eigenvalue weighted by Gasteiger charge is -2.17.